The van der Waals surface area contributed by atoms with Crippen LogP contribution < -0.4 is 15.3 Å². The fourth-order valence-electron chi connectivity index (χ4n) is 2.64. The van der Waals surface area contributed by atoms with E-state index in [1.807, 2.05) is 27.7 Å². The van der Waals surface area contributed by atoms with E-state index in [2.05, 4.69) is 4.98 Å². The van der Waals surface area contributed by atoms with E-state index in [1.54, 1.807) is 6.07 Å². The lowest BCUT2D eigenvalue weighted by molar-refractivity contribution is 0.00578. The SMILES string of the molecule is CC(c1cnc(OCC2CC2)c(B2OC(C)(C)C(C)(C)O2)c1)S(N)(=O)=O. The second-order valence-electron chi connectivity index (χ2n) is 8.24. The van der Waals surface area contributed by atoms with Crippen molar-refractivity contribution in [2.24, 2.45) is 11.1 Å². The van der Waals surface area contributed by atoms with Crippen molar-refractivity contribution >= 4 is 22.6 Å². The minimum Gasteiger partial charge on any atom is -0.478 e. The molecule has 9 heteroatoms. The highest BCUT2D eigenvalue weighted by Gasteiger charge is 2.53. The summed E-state index contributed by atoms with van der Waals surface area (Å²) in [6.07, 6.45) is 3.81. The van der Waals surface area contributed by atoms with Crippen molar-refractivity contribution in [1.82, 2.24) is 4.98 Å². The summed E-state index contributed by atoms with van der Waals surface area (Å²) in [5, 5.41) is 4.42. The molecule has 1 unspecified atom stereocenters. The minimum absolute atomic E-state index is 0.417. The van der Waals surface area contributed by atoms with Crippen LogP contribution in [0.3, 0.4) is 0 Å². The second-order valence-corrected chi connectivity index (χ2v) is 10.1. The quantitative estimate of drug-likeness (QED) is 0.749. The van der Waals surface area contributed by atoms with E-state index in [1.165, 1.54) is 13.1 Å². The molecule has 2 heterocycles. The molecule has 3 rings (SSSR count). The number of aromatic nitrogens is 1. The lowest BCUT2D eigenvalue weighted by Crippen LogP contribution is -2.41. The van der Waals surface area contributed by atoms with Crippen molar-refractivity contribution in [3.8, 4) is 5.88 Å². The Morgan fingerprint density at radius 2 is 1.88 bits per heavy atom. The maximum absolute atomic E-state index is 11.7. The van der Waals surface area contributed by atoms with Crippen LogP contribution in [-0.2, 0) is 19.3 Å². The van der Waals surface area contributed by atoms with Gasteiger partial charge in [-0.1, -0.05) is 6.07 Å². The molecule has 1 aliphatic carbocycles. The molecule has 0 aromatic carbocycles. The van der Waals surface area contributed by atoms with Gasteiger partial charge in [-0.2, -0.15) is 0 Å². The predicted molar refractivity (Wildman–Crippen MR) is 99.7 cm³/mol. The van der Waals surface area contributed by atoms with Gasteiger partial charge in [0.25, 0.3) is 0 Å². The topological polar surface area (TPSA) is 101 Å². The van der Waals surface area contributed by atoms with E-state index in [9.17, 15) is 8.42 Å². The molecule has 0 spiro atoms. The number of nitrogens with zero attached hydrogens (tertiary/aromatic N) is 1. The largest absolute Gasteiger partial charge is 0.500 e. The molecule has 1 aromatic heterocycles. The van der Waals surface area contributed by atoms with Crippen LogP contribution >= 0.6 is 0 Å². The summed E-state index contributed by atoms with van der Waals surface area (Å²) in [7, 11) is -4.42. The number of sulfonamides is 1. The first-order chi connectivity index (χ1) is 11.9. The van der Waals surface area contributed by atoms with Crippen molar-refractivity contribution in [3.05, 3.63) is 17.8 Å². The zero-order valence-corrected chi connectivity index (χ0v) is 16.8. The molecule has 7 nitrogen and oxygen atoms in total. The third-order valence-corrected chi connectivity index (χ3v) is 6.78. The molecule has 0 bridgehead atoms. The van der Waals surface area contributed by atoms with Crippen molar-refractivity contribution in [2.45, 2.75) is 63.9 Å². The van der Waals surface area contributed by atoms with Crippen LogP contribution in [0.15, 0.2) is 12.3 Å². The summed E-state index contributed by atoms with van der Waals surface area (Å²) >= 11 is 0. The Bertz CT molecular complexity index is 776. The Hall–Kier alpha value is -1.16. The zero-order chi connectivity index (χ0) is 19.3. The molecule has 1 aliphatic heterocycles. The van der Waals surface area contributed by atoms with Crippen LogP contribution in [0.2, 0.25) is 0 Å². The van der Waals surface area contributed by atoms with Gasteiger partial charge in [-0.3, -0.25) is 0 Å². The summed E-state index contributed by atoms with van der Waals surface area (Å²) in [4.78, 5) is 4.35. The first-order valence-electron chi connectivity index (χ1n) is 8.90. The van der Waals surface area contributed by atoms with E-state index in [-0.39, 0.29) is 0 Å². The van der Waals surface area contributed by atoms with Gasteiger partial charge in [0, 0.05) is 11.7 Å². The number of hydrogen-bond donors (Lipinski definition) is 1. The predicted octanol–water partition coefficient (Wildman–Crippen LogP) is 1.52. The molecule has 2 fully saturated rings. The summed E-state index contributed by atoms with van der Waals surface area (Å²) in [6.45, 7) is 9.96. The number of nitrogens with two attached hydrogens (primary N) is 1. The summed E-state index contributed by atoms with van der Waals surface area (Å²) < 4.78 is 41.6. The molecule has 26 heavy (non-hydrogen) atoms. The Labute approximate surface area is 155 Å². The highest BCUT2D eigenvalue weighted by Crippen LogP contribution is 2.37. The van der Waals surface area contributed by atoms with E-state index in [4.69, 9.17) is 19.2 Å². The van der Waals surface area contributed by atoms with E-state index in [0.29, 0.717) is 29.4 Å². The Kier molecular flexibility index (Phi) is 4.88. The van der Waals surface area contributed by atoms with Gasteiger partial charge in [0.2, 0.25) is 15.9 Å². The molecule has 0 amide bonds. The van der Waals surface area contributed by atoms with Crippen molar-refractivity contribution < 1.29 is 22.5 Å². The van der Waals surface area contributed by atoms with E-state index >= 15 is 0 Å². The van der Waals surface area contributed by atoms with Gasteiger partial charge in [-0.15, -0.1) is 0 Å². The molecule has 144 valence electrons. The molecule has 2 aliphatic rings. The van der Waals surface area contributed by atoms with Gasteiger partial charge in [0.1, 0.15) is 0 Å². The summed E-state index contributed by atoms with van der Waals surface area (Å²) in [6, 6.07) is 1.71. The highest BCUT2D eigenvalue weighted by molar-refractivity contribution is 7.89. The van der Waals surface area contributed by atoms with Crippen LogP contribution in [0.4, 0.5) is 0 Å². The zero-order valence-electron chi connectivity index (χ0n) is 16.0. The van der Waals surface area contributed by atoms with Crippen molar-refractivity contribution in [3.63, 3.8) is 0 Å². The normalized spacial score (nSPS) is 23.1. The van der Waals surface area contributed by atoms with Gasteiger partial charge in [-0.05, 0) is 58.9 Å². The molecule has 1 saturated heterocycles. The number of rotatable bonds is 6. The van der Waals surface area contributed by atoms with Gasteiger partial charge >= 0.3 is 7.12 Å². The summed E-state index contributed by atoms with van der Waals surface area (Å²) in [5.41, 5.74) is 0.0354. The molecular formula is C17H27BN2O5S. The average Bonchev–Trinajstić information content (AvgIpc) is 3.30. The van der Waals surface area contributed by atoms with E-state index in [0.717, 1.165) is 12.8 Å². The van der Waals surface area contributed by atoms with Crippen LogP contribution in [0.5, 0.6) is 5.88 Å². The maximum Gasteiger partial charge on any atom is 0.500 e. The van der Waals surface area contributed by atoms with Gasteiger partial charge in [0.15, 0.2) is 0 Å². The fraction of sp³-hybridized carbons (Fsp3) is 0.706. The number of hydrogen-bond acceptors (Lipinski definition) is 6. The number of pyridine rings is 1. The third kappa shape index (κ3) is 3.90. The minimum atomic E-state index is -3.73. The van der Waals surface area contributed by atoms with E-state index < -0.39 is 33.6 Å². The van der Waals surface area contributed by atoms with Gasteiger partial charge in [0.05, 0.1) is 23.1 Å². The molecular weight excluding hydrogens is 355 g/mol. The Balaban J connectivity index is 1.96. The first kappa shape index (κ1) is 19.6. The molecule has 1 atom stereocenters. The van der Waals surface area contributed by atoms with Crippen LogP contribution in [0, 0.1) is 5.92 Å². The smallest absolute Gasteiger partial charge is 0.478 e. The lowest BCUT2D eigenvalue weighted by atomic mass is 9.79. The first-order valence-corrected chi connectivity index (χ1v) is 10.5. The molecule has 2 N–H and O–H groups in total. The highest BCUT2D eigenvalue weighted by atomic mass is 32.2. The van der Waals surface area contributed by atoms with Gasteiger partial charge < -0.3 is 14.0 Å². The fourth-order valence-corrected chi connectivity index (χ4v) is 3.15. The van der Waals surface area contributed by atoms with Gasteiger partial charge in [-0.25, -0.2) is 18.5 Å². The molecule has 1 aromatic rings. The lowest BCUT2D eigenvalue weighted by Gasteiger charge is -2.32. The van der Waals surface area contributed by atoms with Crippen LogP contribution in [0.1, 0.15) is 58.3 Å². The monoisotopic (exact) mass is 382 g/mol. The number of ether oxygens (including phenoxy) is 1. The Morgan fingerprint density at radius 1 is 1.31 bits per heavy atom. The van der Waals surface area contributed by atoms with Crippen LogP contribution in [0.25, 0.3) is 0 Å². The number of primary sulfonamides is 1. The average molecular weight is 382 g/mol. The second kappa shape index (κ2) is 6.47. The Morgan fingerprint density at radius 3 is 2.38 bits per heavy atom. The van der Waals surface area contributed by atoms with Crippen LogP contribution in [-0.4, -0.2) is 38.3 Å². The molecule has 1 saturated carbocycles. The maximum atomic E-state index is 11.7. The molecule has 0 radical (unpaired) electrons. The summed E-state index contributed by atoms with van der Waals surface area (Å²) in [5.74, 6) is 0.978. The van der Waals surface area contributed by atoms with Crippen molar-refractivity contribution in [2.75, 3.05) is 6.61 Å². The standard InChI is InChI=1S/C17H27BN2O5S/c1-11(26(19,21)22)13-8-14(15(20-9-13)23-10-12-6-7-12)18-24-16(2,3)17(4,5)25-18/h8-9,11-12H,6-7,10H2,1-5H3,(H2,19,21,22). The third-order valence-electron chi connectivity index (χ3n) is 5.52. The van der Waals surface area contributed by atoms with Crippen molar-refractivity contribution in [1.29, 1.82) is 0 Å².